The predicted molar refractivity (Wildman–Crippen MR) is 83.2 cm³/mol. The van der Waals surface area contributed by atoms with Crippen LogP contribution in [0.15, 0.2) is 35.2 Å². The van der Waals surface area contributed by atoms with E-state index >= 15 is 0 Å². The van der Waals surface area contributed by atoms with Crippen LogP contribution >= 0.6 is 11.3 Å². The maximum Gasteiger partial charge on any atom is 0.175 e. The number of anilines is 1. The number of hydrogen-bond donors (Lipinski definition) is 1. The Hall–Kier alpha value is -1.33. The molecule has 1 heterocycles. The number of fused-ring (bicyclic) bond motifs is 1. The summed E-state index contributed by atoms with van der Waals surface area (Å²) in [5.74, 6) is 0. The van der Waals surface area contributed by atoms with E-state index in [0.717, 1.165) is 12.2 Å². The molecule has 1 aliphatic carbocycles. The Bertz CT molecular complexity index is 693. The summed E-state index contributed by atoms with van der Waals surface area (Å²) in [5.41, 5.74) is 2.46. The molecule has 0 atom stereocenters. The molecular weight excluding hydrogens is 290 g/mol. The molecule has 0 saturated heterocycles. The summed E-state index contributed by atoms with van der Waals surface area (Å²) < 4.78 is 22.8. The van der Waals surface area contributed by atoms with Crippen LogP contribution in [0.4, 0.5) is 5.69 Å². The van der Waals surface area contributed by atoms with Crippen LogP contribution in [0, 0.1) is 0 Å². The van der Waals surface area contributed by atoms with Crippen LogP contribution < -0.4 is 5.32 Å². The first kappa shape index (κ1) is 13.6. The molecule has 3 rings (SSSR count). The van der Waals surface area contributed by atoms with Crippen molar-refractivity contribution < 1.29 is 8.42 Å². The van der Waals surface area contributed by atoms with Gasteiger partial charge in [0.2, 0.25) is 0 Å². The van der Waals surface area contributed by atoms with Crippen molar-refractivity contribution in [3.05, 3.63) is 45.6 Å². The molecule has 3 nitrogen and oxygen atoms in total. The molecule has 2 aromatic rings. The van der Waals surface area contributed by atoms with Crippen molar-refractivity contribution in [1.82, 2.24) is 0 Å². The van der Waals surface area contributed by atoms with Gasteiger partial charge in [0, 0.05) is 28.2 Å². The third-order valence-electron chi connectivity index (χ3n) is 3.55. The second-order valence-electron chi connectivity index (χ2n) is 5.16. The van der Waals surface area contributed by atoms with E-state index in [1.54, 1.807) is 12.1 Å². The molecule has 0 amide bonds. The van der Waals surface area contributed by atoms with Gasteiger partial charge in [0.25, 0.3) is 0 Å². The highest BCUT2D eigenvalue weighted by Gasteiger charge is 2.14. The second kappa shape index (κ2) is 5.22. The Labute approximate surface area is 123 Å². The highest BCUT2D eigenvalue weighted by atomic mass is 32.2. The summed E-state index contributed by atoms with van der Waals surface area (Å²) >= 11 is 1.89. The van der Waals surface area contributed by atoms with Gasteiger partial charge in [-0.05, 0) is 55.2 Å². The molecule has 0 saturated carbocycles. The molecule has 1 aromatic heterocycles. The molecule has 0 spiro atoms. The lowest BCUT2D eigenvalue weighted by molar-refractivity contribution is 0.602. The monoisotopic (exact) mass is 307 g/mol. The Balaban J connectivity index is 1.66. The van der Waals surface area contributed by atoms with E-state index in [1.807, 2.05) is 23.5 Å². The first-order chi connectivity index (χ1) is 9.52. The number of benzene rings is 1. The van der Waals surface area contributed by atoms with Crippen molar-refractivity contribution in [2.75, 3.05) is 11.6 Å². The van der Waals surface area contributed by atoms with Gasteiger partial charge in [0.05, 0.1) is 4.90 Å². The molecule has 1 aromatic carbocycles. The molecule has 0 bridgehead atoms. The summed E-state index contributed by atoms with van der Waals surface area (Å²) in [7, 11) is -3.11. The van der Waals surface area contributed by atoms with Crippen molar-refractivity contribution in [3.8, 4) is 0 Å². The fourth-order valence-corrected chi connectivity index (χ4v) is 4.32. The van der Waals surface area contributed by atoms with Gasteiger partial charge in [-0.25, -0.2) is 8.42 Å². The summed E-state index contributed by atoms with van der Waals surface area (Å²) in [5, 5.41) is 3.34. The molecular formula is C15H17NO2S2. The number of rotatable bonds is 4. The summed E-state index contributed by atoms with van der Waals surface area (Å²) in [6.07, 6.45) is 4.96. The van der Waals surface area contributed by atoms with E-state index in [2.05, 4.69) is 11.4 Å². The molecule has 5 heteroatoms. The predicted octanol–water partition coefficient (Wildman–Crippen LogP) is 3.25. The molecule has 106 valence electrons. The quantitative estimate of drug-likeness (QED) is 0.943. The average Bonchev–Trinajstić information content (AvgIpc) is 2.96. The Morgan fingerprint density at radius 3 is 2.60 bits per heavy atom. The largest absolute Gasteiger partial charge is 0.380 e. The fraction of sp³-hybridized carbons (Fsp3) is 0.333. The van der Waals surface area contributed by atoms with Crippen LogP contribution in [0.5, 0.6) is 0 Å². The summed E-state index contributed by atoms with van der Waals surface area (Å²) in [6, 6.07) is 9.22. The zero-order valence-electron chi connectivity index (χ0n) is 11.3. The SMILES string of the molecule is CS(=O)(=O)c1ccc(NCc2cc3c(s2)CCC3)cc1. The molecule has 0 fully saturated rings. The normalized spacial score (nSPS) is 14.2. The van der Waals surface area contributed by atoms with E-state index in [-0.39, 0.29) is 0 Å². The Morgan fingerprint density at radius 2 is 1.95 bits per heavy atom. The molecule has 20 heavy (non-hydrogen) atoms. The van der Waals surface area contributed by atoms with Gasteiger partial charge in [-0.3, -0.25) is 0 Å². The smallest absolute Gasteiger partial charge is 0.175 e. The zero-order valence-corrected chi connectivity index (χ0v) is 13.0. The zero-order chi connectivity index (χ0) is 14.2. The third kappa shape index (κ3) is 2.88. The summed E-state index contributed by atoms with van der Waals surface area (Å²) in [6.45, 7) is 0.801. The summed E-state index contributed by atoms with van der Waals surface area (Å²) in [4.78, 5) is 3.24. The van der Waals surface area contributed by atoms with Gasteiger partial charge < -0.3 is 5.32 Å². The van der Waals surface area contributed by atoms with E-state index in [4.69, 9.17) is 0 Å². The number of sulfone groups is 1. The number of aryl methyl sites for hydroxylation is 2. The Morgan fingerprint density at radius 1 is 1.20 bits per heavy atom. The molecule has 0 radical (unpaired) electrons. The van der Waals surface area contributed by atoms with Gasteiger partial charge in [0.15, 0.2) is 9.84 Å². The number of thiophene rings is 1. The van der Waals surface area contributed by atoms with Crippen molar-refractivity contribution in [1.29, 1.82) is 0 Å². The van der Waals surface area contributed by atoms with Gasteiger partial charge in [-0.2, -0.15) is 0 Å². The standard InChI is InChI=1S/C15H17NO2S2/c1-20(17,18)14-7-5-12(6-8-14)16-10-13-9-11-3-2-4-15(11)19-13/h5-9,16H,2-4,10H2,1H3. The fourth-order valence-electron chi connectivity index (χ4n) is 2.49. The Kier molecular flexibility index (Phi) is 3.56. The maximum atomic E-state index is 11.4. The average molecular weight is 307 g/mol. The van der Waals surface area contributed by atoms with Gasteiger partial charge in [-0.15, -0.1) is 11.3 Å². The van der Waals surface area contributed by atoms with Crippen molar-refractivity contribution in [2.24, 2.45) is 0 Å². The van der Waals surface area contributed by atoms with Crippen LogP contribution in [0.25, 0.3) is 0 Å². The van der Waals surface area contributed by atoms with Gasteiger partial charge >= 0.3 is 0 Å². The van der Waals surface area contributed by atoms with Gasteiger partial charge in [-0.1, -0.05) is 0 Å². The first-order valence-corrected chi connectivity index (χ1v) is 9.37. The van der Waals surface area contributed by atoms with E-state index in [0.29, 0.717) is 4.90 Å². The van der Waals surface area contributed by atoms with E-state index in [1.165, 1.54) is 40.8 Å². The van der Waals surface area contributed by atoms with E-state index in [9.17, 15) is 8.42 Å². The van der Waals surface area contributed by atoms with Crippen LogP contribution in [0.2, 0.25) is 0 Å². The minimum absolute atomic E-state index is 0.359. The minimum Gasteiger partial charge on any atom is -0.380 e. The second-order valence-corrected chi connectivity index (χ2v) is 8.40. The highest BCUT2D eigenvalue weighted by molar-refractivity contribution is 7.90. The lowest BCUT2D eigenvalue weighted by Gasteiger charge is -2.06. The molecule has 1 N–H and O–H groups in total. The van der Waals surface area contributed by atoms with Crippen LogP contribution in [-0.4, -0.2) is 14.7 Å². The highest BCUT2D eigenvalue weighted by Crippen LogP contribution is 2.31. The molecule has 0 unspecified atom stereocenters. The lowest BCUT2D eigenvalue weighted by Crippen LogP contribution is -2.00. The van der Waals surface area contributed by atoms with Crippen LogP contribution in [-0.2, 0) is 29.2 Å². The minimum atomic E-state index is -3.11. The first-order valence-electron chi connectivity index (χ1n) is 6.67. The van der Waals surface area contributed by atoms with Crippen molar-refractivity contribution in [2.45, 2.75) is 30.7 Å². The number of nitrogens with one attached hydrogen (secondary N) is 1. The van der Waals surface area contributed by atoms with Crippen LogP contribution in [0.1, 0.15) is 21.7 Å². The van der Waals surface area contributed by atoms with Gasteiger partial charge in [0.1, 0.15) is 0 Å². The van der Waals surface area contributed by atoms with E-state index < -0.39 is 9.84 Å². The topological polar surface area (TPSA) is 46.2 Å². The lowest BCUT2D eigenvalue weighted by atomic mass is 10.2. The number of hydrogen-bond acceptors (Lipinski definition) is 4. The van der Waals surface area contributed by atoms with Crippen molar-refractivity contribution in [3.63, 3.8) is 0 Å². The molecule has 0 aliphatic heterocycles. The maximum absolute atomic E-state index is 11.4. The third-order valence-corrected chi connectivity index (χ3v) is 5.91. The molecule has 1 aliphatic rings. The van der Waals surface area contributed by atoms with Crippen molar-refractivity contribution >= 4 is 26.9 Å². The van der Waals surface area contributed by atoms with Crippen LogP contribution in [0.3, 0.4) is 0 Å².